The van der Waals surface area contributed by atoms with Crippen molar-refractivity contribution in [3.05, 3.63) is 35.7 Å². The molecule has 0 atom stereocenters. The molecule has 0 radical (unpaired) electrons. The highest BCUT2D eigenvalue weighted by Crippen LogP contribution is 2.26. The van der Waals surface area contributed by atoms with Crippen LogP contribution in [0.15, 0.2) is 30.6 Å². The SMILES string of the molecule is CN(C)CCn1cnc2ccc(-c3cc(Cl)nc(N4CCOCC4)n3)cc21. The Hall–Kier alpha value is -2.22. The van der Waals surface area contributed by atoms with E-state index in [1.807, 2.05) is 24.5 Å². The highest BCUT2D eigenvalue weighted by molar-refractivity contribution is 6.29. The fraction of sp³-hybridized carbons (Fsp3) is 0.421. The van der Waals surface area contributed by atoms with Crippen molar-refractivity contribution in [3.63, 3.8) is 0 Å². The van der Waals surface area contributed by atoms with Crippen LogP contribution in [-0.4, -0.2) is 71.4 Å². The normalized spacial score (nSPS) is 15.0. The molecule has 3 aromatic rings. The van der Waals surface area contributed by atoms with Gasteiger partial charge in [0.25, 0.3) is 0 Å². The maximum atomic E-state index is 6.30. The number of hydrogen-bond donors (Lipinski definition) is 0. The van der Waals surface area contributed by atoms with Crippen molar-refractivity contribution in [2.24, 2.45) is 0 Å². The van der Waals surface area contributed by atoms with Crippen molar-refractivity contribution in [2.45, 2.75) is 6.54 Å². The minimum absolute atomic E-state index is 0.447. The second-order valence-corrected chi connectivity index (χ2v) is 7.31. The van der Waals surface area contributed by atoms with Crippen molar-refractivity contribution < 1.29 is 4.74 Å². The van der Waals surface area contributed by atoms with E-state index in [2.05, 4.69) is 44.5 Å². The van der Waals surface area contributed by atoms with E-state index in [4.69, 9.17) is 21.3 Å². The highest BCUT2D eigenvalue weighted by Gasteiger charge is 2.16. The van der Waals surface area contributed by atoms with Crippen LogP contribution in [0.3, 0.4) is 0 Å². The molecule has 2 aromatic heterocycles. The van der Waals surface area contributed by atoms with E-state index in [1.165, 1.54) is 0 Å². The smallest absolute Gasteiger partial charge is 0.227 e. The minimum atomic E-state index is 0.447. The lowest BCUT2D eigenvalue weighted by Gasteiger charge is -2.27. The number of fused-ring (bicyclic) bond motifs is 1. The molecule has 1 aromatic carbocycles. The molecule has 1 aliphatic rings. The van der Waals surface area contributed by atoms with Crippen LogP contribution >= 0.6 is 11.6 Å². The van der Waals surface area contributed by atoms with Crippen LogP contribution in [0.1, 0.15) is 0 Å². The Morgan fingerprint density at radius 1 is 1.15 bits per heavy atom. The molecule has 4 rings (SSSR count). The molecule has 0 N–H and O–H groups in total. The van der Waals surface area contributed by atoms with E-state index in [0.717, 1.165) is 48.5 Å². The molecule has 0 spiro atoms. The van der Waals surface area contributed by atoms with Crippen molar-refractivity contribution in [2.75, 3.05) is 51.8 Å². The summed E-state index contributed by atoms with van der Waals surface area (Å²) in [5.74, 6) is 0.655. The third kappa shape index (κ3) is 4.05. The number of rotatable bonds is 5. The molecule has 0 unspecified atom stereocenters. The number of anilines is 1. The molecule has 0 aliphatic carbocycles. The second kappa shape index (κ2) is 7.80. The van der Waals surface area contributed by atoms with Gasteiger partial charge in [-0.05, 0) is 26.2 Å². The Kier molecular flexibility index (Phi) is 5.24. The van der Waals surface area contributed by atoms with Crippen molar-refractivity contribution in [1.29, 1.82) is 0 Å². The summed E-state index contributed by atoms with van der Waals surface area (Å²) in [6.45, 7) is 4.75. The Bertz CT molecular complexity index is 935. The molecule has 7 nitrogen and oxygen atoms in total. The van der Waals surface area contributed by atoms with Crippen LogP contribution in [0.2, 0.25) is 5.15 Å². The Balaban J connectivity index is 1.69. The van der Waals surface area contributed by atoms with Crippen LogP contribution in [0.4, 0.5) is 5.95 Å². The van der Waals surface area contributed by atoms with Gasteiger partial charge in [-0.3, -0.25) is 0 Å². The van der Waals surface area contributed by atoms with Gasteiger partial charge in [-0.2, -0.15) is 0 Å². The molecule has 0 amide bonds. The van der Waals surface area contributed by atoms with E-state index in [9.17, 15) is 0 Å². The summed E-state index contributed by atoms with van der Waals surface area (Å²) in [4.78, 5) is 17.9. The molecule has 142 valence electrons. The Labute approximate surface area is 163 Å². The van der Waals surface area contributed by atoms with E-state index in [-0.39, 0.29) is 0 Å². The number of benzene rings is 1. The lowest BCUT2D eigenvalue weighted by molar-refractivity contribution is 0.122. The Morgan fingerprint density at radius 2 is 1.96 bits per heavy atom. The first-order valence-electron chi connectivity index (χ1n) is 9.07. The van der Waals surface area contributed by atoms with Gasteiger partial charge < -0.3 is 19.1 Å². The van der Waals surface area contributed by atoms with Crippen LogP contribution < -0.4 is 4.90 Å². The first-order valence-corrected chi connectivity index (χ1v) is 9.45. The van der Waals surface area contributed by atoms with Gasteiger partial charge >= 0.3 is 0 Å². The van der Waals surface area contributed by atoms with E-state index in [1.54, 1.807) is 0 Å². The van der Waals surface area contributed by atoms with E-state index >= 15 is 0 Å². The first-order chi connectivity index (χ1) is 13.1. The average Bonchev–Trinajstić information content (AvgIpc) is 3.09. The second-order valence-electron chi connectivity index (χ2n) is 6.92. The zero-order valence-electron chi connectivity index (χ0n) is 15.6. The molecule has 0 bridgehead atoms. The number of aromatic nitrogens is 4. The van der Waals surface area contributed by atoms with Crippen LogP contribution in [0.5, 0.6) is 0 Å². The number of likely N-dealkylation sites (N-methyl/N-ethyl adjacent to an activating group) is 1. The molecular formula is C19H23ClN6O. The molecule has 1 fully saturated rings. The van der Waals surface area contributed by atoms with Gasteiger partial charge in [-0.15, -0.1) is 0 Å². The van der Waals surface area contributed by atoms with Gasteiger partial charge in [0.2, 0.25) is 5.95 Å². The minimum Gasteiger partial charge on any atom is -0.378 e. The summed E-state index contributed by atoms with van der Waals surface area (Å²) >= 11 is 6.30. The highest BCUT2D eigenvalue weighted by atomic mass is 35.5. The molecule has 1 aliphatic heterocycles. The van der Waals surface area contributed by atoms with Gasteiger partial charge in [0.15, 0.2) is 0 Å². The van der Waals surface area contributed by atoms with Crippen molar-refractivity contribution in [1.82, 2.24) is 24.4 Å². The predicted octanol–water partition coefficient (Wildman–Crippen LogP) is 2.54. The number of ether oxygens (including phenoxy) is 1. The van der Waals surface area contributed by atoms with E-state index < -0.39 is 0 Å². The topological polar surface area (TPSA) is 59.3 Å². The fourth-order valence-corrected chi connectivity index (χ4v) is 3.34. The maximum absolute atomic E-state index is 6.30. The molecule has 1 saturated heterocycles. The molecule has 8 heteroatoms. The van der Waals surface area contributed by atoms with Crippen molar-refractivity contribution in [3.8, 4) is 11.3 Å². The lowest BCUT2D eigenvalue weighted by atomic mass is 10.1. The monoisotopic (exact) mass is 386 g/mol. The van der Waals surface area contributed by atoms with Gasteiger partial charge in [0.1, 0.15) is 5.15 Å². The summed E-state index contributed by atoms with van der Waals surface area (Å²) in [6.07, 6.45) is 1.89. The number of hydrogen-bond acceptors (Lipinski definition) is 6. The zero-order valence-corrected chi connectivity index (χ0v) is 16.4. The van der Waals surface area contributed by atoms with Crippen LogP contribution in [-0.2, 0) is 11.3 Å². The summed E-state index contributed by atoms with van der Waals surface area (Å²) in [6, 6.07) is 8.00. The number of nitrogens with zero attached hydrogens (tertiary/aromatic N) is 6. The maximum Gasteiger partial charge on any atom is 0.227 e. The van der Waals surface area contributed by atoms with Gasteiger partial charge in [-0.1, -0.05) is 17.7 Å². The quantitative estimate of drug-likeness (QED) is 0.628. The third-order valence-corrected chi connectivity index (χ3v) is 4.88. The summed E-state index contributed by atoms with van der Waals surface area (Å²) in [5, 5.41) is 0.447. The number of halogens is 1. The third-order valence-electron chi connectivity index (χ3n) is 4.68. The summed E-state index contributed by atoms with van der Waals surface area (Å²) in [5.41, 5.74) is 3.90. The molecule has 27 heavy (non-hydrogen) atoms. The van der Waals surface area contributed by atoms with Crippen LogP contribution in [0.25, 0.3) is 22.3 Å². The fourth-order valence-electron chi connectivity index (χ4n) is 3.16. The Morgan fingerprint density at radius 3 is 2.74 bits per heavy atom. The first kappa shape index (κ1) is 18.2. The summed E-state index contributed by atoms with van der Waals surface area (Å²) in [7, 11) is 4.14. The molecular weight excluding hydrogens is 364 g/mol. The van der Waals surface area contributed by atoms with Gasteiger partial charge in [0.05, 0.1) is 36.3 Å². The standard InChI is InChI=1S/C19H23ClN6O/c1-24(2)5-6-26-13-21-15-4-3-14(11-17(15)26)16-12-18(20)23-19(22-16)25-7-9-27-10-8-25/h3-4,11-13H,5-10H2,1-2H3. The summed E-state index contributed by atoms with van der Waals surface area (Å²) < 4.78 is 7.59. The van der Waals surface area contributed by atoms with Crippen molar-refractivity contribution >= 4 is 28.6 Å². The number of imidazole rings is 1. The van der Waals surface area contributed by atoms with Crippen LogP contribution in [0, 0.1) is 0 Å². The van der Waals surface area contributed by atoms with E-state index in [0.29, 0.717) is 24.3 Å². The largest absolute Gasteiger partial charge is 0.378 e. The average molecular weight is 387 g/mol. The lowest BCUT2D eigenvalue weighted by Crippen LogP contribution is -2.37. The molecule has 3 heterocycles. The van der Waals surface area contributed by atoms with Gasteiger partial charge in [0, 0.05) is 37.8 Å². The molecule has 0 saturated carbocycles. The predicted molar refractivity (Wildman–Crippen MR) is 107 cm³/mol. The van der Waals surface area contributed by atoms with Gasteiger partial charge in [-0.25, -0.2) is 15.0 Å². The zero-order chi connectivity index (χ0) is 18.8. The number of morpholine rings is 1.